The zero-order chi connectivity index (χ0) is 10.7. The number of nitrogens with one attached hydrogen (secondary N) is 1. The SMILES string of the molecule is CC(C)N1CCN(C2CCCNC2)CC1. The summed E-state index contributed by atoms with van der Waals surface area (Å²) < 4.78 is 0. The van der Waals surface area contributed by atoms with Crippen LogP contribution in [0.15, 0.2) is 0 Å². The van der Waals surface area contributed by atoms with Crippen LogP contribution in [0.3, 0.4) is 0 Å². The molecule has 0 bridgehead atoms. The van der Waals surface area contributed by atoms with Crippen molar-refractivity contribution in [1.82, 2.24) is 15.1 Å². The largest absolute Gasteiger partial charge is 0.315 e. The van der Waals surface area contributed by atoms with E-state index in [1.165, 1.54) is 52.1 Å². The fourth-order valence-corrected chi connectivity index (χ4v) is 2.76. The number of piperazine rings is 1. The minimum absolute atomic E-state index is 0.719. The van der Waals surface area contributed by atoms with Crippen molar-refractivity contribution in [3.63, 3.8) is 0 Å². The first-order valence-electron chi connectivity index (χ1n) is 6.46. The molecule has 15 heavy (non-hydrogen) atoms. The van der Waals surface area contributed by atoms with Gasteiger partial charge in [-0.2, -0.15) is 0 Å². The van der Waals surface area contributed by atoms with Gasteiger partial charge in [0.1, 0.15) is 0 Å². The lowest BCUT2D eigenvalue weighted by molar-refractivity contribution is 0.0689. The molecule has 0 radical (unpaired) electrons. The average Bonchev–Trinajstić information content (AvgIpc) is 2.30. The second-order valence-corrected chi connectivity index (χ2v) is 5.17. The summed E-state index contributed by atoms with van der Waals surface area (Å²) in [7, 11) is 0. The first-order chi connectivity index (χ1) is 7.27. The highest BCUT2D eigenvalue weighted by Gasteiger charge is 2.25. The Bertz CT molecular complexity index is 179. The van der Waals surface area contributed by atoms with Gasteiger partial charge >= 0.3 is 0 Å². The first-order valence-corrected chi connectivity index (χ1v) is 6.46. The second-order valence-electron chi connectivity index (χ2n) is 5.17. The Kier molecular flexibility index (Phi) is 4.00. The van der Waals surface area contributed by atoms with E-state index in [-0.39, 0.29) is 0 Å². The van der Waals surface area contributed by atoms with Crippen LogP contribution in [0.4, 0.5) is 0 Å². The topological polar surface area (TPSA) is 18.5 Å². The van der Waals surface area contributed by atoms with Crippen LogP contribution < -0.4 is 5.32 Å². The average molecular weight is 211 g/mol. The highest BCUT2D eigenvalue weighted by molar-refractivity contribution is 4.83. The zero-order valence-electron chi connectivity index (χ0n) is 10.2. The zero-order valence-corrected chi connectivity index (χ0v) is 10.2. The van der Waals surface area contributed by atoms with Gasteiger partial charge in [-0.05, 0) is 33.2 Å². The molecule has 3 nitrogen and oxygen atoms in total. The lowest BCUT2D eigenvalue weighted by Gasteiger charge is -2.42. The molecule has 2 heterocycles. The molecule has 2 fully saturated rings. The maximum Gasteiger partial charge on any atom is 0.0222 e. The quantitative estimate of drug-likeness (QED) is 0.728. The molecule has 1 unspecified atom stereocenters. The Hall–Kier alpha value is -0.120. The van der Waals surface area contributed by atoms with E-state index < -0.39 is 0 Å². The molecule has 0 aromatic rings. The van der Waals surface area contributed by atoms with Crippen molar-refractivity contribution in [3.8, 4) is 0 Å². The lowest BCUT2D eigenvalue weighted by Crippen LogP contribution is -2.55. The molecular formula is C12H25N3. The number of nitrogens with zero attached hydrogens (tertiary/aromatic N) is 2. The van der Waals surface area contributed by atoms with E-state index in [0.717, 1.165) is 12.1 Å². The molecule has 1 atom stereocenters. The summed E-state index contributed by atoms with van der Waals surface area (Å²) in [5.74, 6) is 0. The third kappa shape index (κ3) is 2.92. The van der Waals surface area contributed by atoms with Gasteiger partial charge in [0.25, 0.3) is 0 Å². The number of piperidine rings is 1. The summed E-state index contributed by atoms with van der Waals surface area (Å²) >= 11 is 0. The van der Waals surface area contributed by atoms with Crippen LogP contribution in [-0.2, 0) is 0 Å². The molecule has 2 aliphatic heterocycles. The predicted molar refractivity (Wildman–Crippen MR) is 64.2 cm³/mol. The molecule has 0 aromatic carbocycles. The number of hydrogen-bond donors (Lipinski definition) is 1. The van der Waals surface area contributed by atoms with Crippen molar-refractivity contribution in [2.75, 3.05) is 39.3 Å². The maximum atomic E-state index is 3.51. The number of hydrogen-bond acceptors (Lipinski definition) is 3. The van der Waals surface area contributed by atoms with Gasteiger partial charge < -0.3 is 5.32 Å². The molecule has 0 spiro atoms. The summed E-state index contributed by atoms with van der Waals surface area (Å²) in [4.78, 5) is 5.28. The van der Waals surface area contributed by atoms with Gasteiger partial charge in [0, 0.05) is 44.8 Å². The minimum atomic E-state index is 0.719. The van der Waals surface area contributed by atoms with Crippen molar-refractivity contribution in [3.05, 3.63) is 0 Å². The predicted octanol–water partition coefficient (Wildman–Crippen LogP) is 0.764. The van der Waals surface area contributed by atoms with Gasteiger partial charge in [0.05, 0.1) is 0 Å². The molecule has 0 aromatic heterocycles. The standard InChI is InChI=1S/C12H25N3/c1-11(2)14-6-8-15(9-7-14)12-4-3-5-13-10-12/h11-13H,3-10H2,1-2H3. The molecule has 3 heteroatoms. The van der Waals surface area contributed by atoms with E-state index in [0.29, 0.717) is 0 Å². The molecule has 2 aliphatic rings. The molecule has 2 saturated heterocycles. The van der Waals surface area contributed by atoms with Crippen molar-refractivity contribution in [1.29, 1.82) is 0 Å². The van der Waals surface area contributed by atoms with Crippen LogP contribution in [0.2, 0.25) is 0 Å². The lowest BCUT2D eigenvalue weighted by atomic mass is 10.0. The Morgan fingerprint density at radius 3 is 2.40 bits per heavy atom. The third-order valence-electron chi connectivity index (χ3n) is 3.87. The highest BCUT2D eigenvalue weighted by atomic mass is 15.3. The van der Waals surface area contributed by atoms with Gasteiger partial charge in [-0.15, -0.1) is 0 Å². The normalized spacial score (nSPS) is 31.0. The van der Waals surface area contributed by atoms with Crippen molar-refractivity contribution < 1.29 is 0 Å². The molecule has 2 rings (SSSR count). The Balaban J connectivity index is 1.77. The van der Waals surface area contributed by atoms with Crippen LogP contribution in [-0.4, -0.2) is 61.2 Å². The van der Waals surface area contributed by atoms with Crippen LogP contribution in [0, 0.1) is 0 Å². The van der Waals surface area contributed by atoms with Crippen molar-refractivity contribution in [2.24, 2.45) is 0 Å². The summed E-state index contributed by atoms with van der Waals surface area (Å²) in [6.45, 7) is 12.1. The Morgan fingerprint density at radius 1 is 1.13 bits per heavy atom. The summed E-state index contributed by atoms with van der Waals surface area (Å²) in [5, 5.41) is 3.51. The van der Waals surface area contributed by atoms with Crippen LogP contribution in [0.25, 0.3) is 0 Å². The van der Waals surface area contributed by atoms with Crippen molar-refractivity contribution >= 4 is 0 Å². The maximum absolute atomic E-state index is 3.51. The van der Waals surface area contributed by atoms with E-state index >= 15 is 0 Å². The van der Waals surface area contributed by atoms with Crippen LogP contribution in [0.5, 0.6) is 0 Å². The summed E-state index contributed by atoms with van der Waals surface area (Å²) in [5.41, 5.74) is 0. The molecule has 0 amide bonds. The summed E-state index contributed by atoms with van der Waals surface area (Å²) in [6.07, 6.45) is 2.75. The van der Waals surface area contributed by atoms with Crippen LogP contribution in [0.1, 0.15) is 26.7 Å². The van der Waals surface area contributed by atoms with E-state index in [1.807, 2.05) is 0 Å². The van der Waals surface area contributed by atoms with E-state index in [1.54, 1.807) is 0 Å². The first kappa shape index (κ1) is 11.4. The van der Waals surface area contributed by atoms with Crippen molar-refractivity contribution in [2.45, 2.75) is 38.8 Å². The van der Waals surface area contributed by atoms with Gasteiger partial charge in [0.2, 0.25) is 0 Å². The summed E-state index contributed by atoms with van der Waals surface area (Å²) in [6, 6.07) is 1.53. The molecule has 0 aliphatic carbocycles. The fraction of sp³-hybridized carbons (Fsp3) is 1.00. The fourth-order valence-electron chi connectivity index (χ4n) is 2.76. The monoisotopic (exact) mass is 211 g/mol. The second kappa shape index (κ2) is 5.28. The van der Waals surface area contributed by atoms with E-state index in [2.05, 4.69) is 29.0 Å². The smallest absolute Gasteiger partial charge is 0.0222 e. The van der Waals surface area contributed by atoms with E-state index in [4.69, 9.17) is 0 Å². The molecular weight excluding hydrogens is 186 g/mol. The van der Waals surface area contributed by atoms with Gasteiger partial charge in [-0.3, -0.25) is 9.80 Å². The van der Waals surface area contributed by atoms with Crippen LogP contribution >= 0.6 is 0 Å². The van der Waals surface area contributed by atoms with Gasteiger partial charge in [-0.1, -0.05) is 0 Å². The Labute approximate surface area is 93.8 Å². The molecule has 1 N–H and O–H groups in total. The molecule has 88 valence electrons. The minimum Gasteiger partial charge on any atom is -0.315 e. The van der Waals surface area contributed by atoms with Gasteiger partial charge in [0.15, 0.2) is 0 Å². The van der Waals surface area contributed by atoms with Gasteiger partial charge in [-0.25, -0.2) is 0 Å². The van der Waals surface area contributed by atoms with E-state index in [9.17, 15) is 0 Å². The highest BCUT2D eigenvalue weighted by Crippen LogP contribution is 2.14. The Morgan fingerprint density at radius 2 is 1.87 bits per heavy atom. The third-order valence-corrected chi connectivity index (χ3v) is 3.87. The number of rotatable bonds is 2. The molecule has 0 saturated carbocycles.